The molecule has 0 unspecified atom stereocenters. The van der Waals surface area contributed by atoms with Crippen LogP contribution in [-0.4, -0.2) is 30.6 Å². The lowest BCUT2D eigenvalue weighted by Gasteiger charge is -2.28. The van der Waals surface area contributed by atoms with E-state index in [9.17, 15) is 9.59 Å². The van der Waals surface area contributed by atoms with E-state index in [1.165, 1.54) is 24.8 Å². The lowest BCUT2D eigenvalue weighted by molar-refractivity contribution is -0.120. The zero-order valence-electron chi connectivity index (χ0n) is 16.0. The molecule has 142 valence electrons. The number of nitrogens with one attached hydrogen (secondary N) is 2. The lowest BCUT2D eigenvalue weighted by atomic mass is 9.96. The number of hydrogen-bond acceptors (Lipinski definition) is 2. The molecule has 0 saturated heterocycles. The van der Waals surface area contributed by atoms with Crippen LogP contribution in [0.25, 0.3) is 0 Å². The van der Waals surface area contributed by atoms with Gasteiger partial charge in [0.25, 0.3) is 0 Å². The molecule has 1 heterocycles. The molecule has 1 atom stereocenters. The summed E-state index contributed by atoms with van der Waals surface area (Å²) >= 11 is 0. The highest BCUT2D eigenvalue weighted by molar-refractivity contribution is 6.00. The van der Waals surface area contributed by atoms with Crippen molar-refractivity contribution < 1.29 is 9.59 Å². The molecule has 0 bridgehead atoms. The lowest BCUT2D eigenvalue weighted by Crippen LogP contribution is -2.53. The monoisotopic (exact) mass is 357 g/mol. The zero-order chi connectivity index (χ0) is 18.5. The third-order valence-corrected chi connectivity index (χ3v) is 5.40. The fraction of sp³-hybridized carbons (Fsp3) is 0.619. The fourth-order valence-corrected chi connectivity index (χ4v) is 4.08. The Morgan fingerprint density at radius 3 is 2.62 bits per heavy atom. The van der Waals surface area contributed by atoms with Crippen molar-refractivity contribution in [3.8, 4) is 0 Å². The molecule has 5 nitrogen and oxygen atoms in total. The molecule has 2 N–H and O–H groups in total. The van der Waals surface area contributed by atoms with Gasteiger partial charge >= 0.3 is 6.03 Å². The number of nitrogens with zero attached hydrogens (tertiary/aromatic N) is 1. The second-order valence-corrected chi connectivity index (χ2v) is 8.00. The van der Waals surface area contributed by atoms with Gasteiger partial charge in [-0.15, -0.1) is 0 Å². The van der Waals surface area contributed by atoms with E-state index in [1.807, 2.05) is 23.1 Å². The average molecular weight is 357 g/mol. The third kappa shape index (κ3) is 4.57. The van der Waals surface area contributed by atoms with Crippen LogP contribution >= 0.6 is 0 Å². The largest absolute Gasteiger partial charge is 0.335 e. The van der Waals surface area contributed by atoms with Gasteiger partial charge in [-0.05, 0) is 43.2 Å². The van der Waals surface area contributed by atoms with Gasteiger partial charge in [0.2, 0.25) is 5.91 Å². The maximum absolute atomic E-state index is 13.2. The predicted octanol–water partition coefficient (Wildman–Crippen LogP) is 3.62. The summed E-state index contributed by atoms with van der Waals surface area (Å²) < 4.78 is 0. The van der Waals surface area contributed by atoms with Crippen LogP contribution in [0.4, 0.5) is 10.5 Å². The van der Waals surface area contributed by atoms with E-state index in [1.54, 1.807) is 0 Å². The van der Waals surface area contributed by atoms with Gasteiger partial charge in [-0.2, -0.15) is 0 Å². The van der Waals surface area contributed by atoms with Crippen LogP contribution in [0.5, 0.6) is 0 Å². The van der Waals surface area contributed by atoms with Gasteiger partial charge < -0.3 is 15.5 Å². The topological polar surface area (TPSA) is 61.4 Å². The summed E-state index contributed by atoms with van der Waals surface area (Å²) in [5.74, 6) is 0.333. The molecule has 3 amide bonds. The van der Waals surface area contributed by atoms with Crippen molar-refractivity contribution in [2.45, 2.75) is 70.9 Å². The van der Waals surface area contributed by atoms with E-state index >= 15 is 0 Å². The van der Waals surface area contributed by atoms with Crippen molar-refractivity contribution in [3.63, 3.8) is 0 Å². The first-order valence-electron chi connectivity index (χ1n) is 10.0. The minimum atomic E-state index is -0.482. The van der Waals surface area contributed by atoms with Crippen LogP contribution in [0.1, 0.15) is 57.9 Å². The molecule has 5 heteroatoms. The maximum Gasteiger partial charge on any atom is 0.315 e. The summed E-state index contributed by atoms with van der Waals surface area (Å²) in [6.07, 6.45) is 7.20. The Morgan fingerprint density at radius 1 is 1.15 bits per heavy atom. The average Bonchev–Trinajstić information content (AvgIpc) is 3.05. The van der Waals surface area contributed by atoms with Gasteiger partial charge in [-0.1, -0.05) is 51.3 Å². The van der Waals surface area contributed by atoms with Crippen LogP contribution in [0.3, 0.4) is 0 Å². The van der Waals surface area contributed by atoms with Gasteiger partial charge in [0.15, 0.2) is 0 Å². The van der Waals surface area contributed by atoms with E-state index < -0.39 is 6.04 Å². The van der Waals surface area contributed by atoms with Crippen LogP contribution in [0.15, 0.2) is 24.3 Å². The molecule has 1 aromatic rings. The minimum absolute atomic E-state index is 0.00226. The van der Waals surface area contributed by atoms with E-state index in [0.717, 1.165) is 24.9 Å². The van der Waals surface area contributed by atoms with Crippen molar-refractivity contribution in [3.05, 3.63) is 29.8 Å². The van der Waals surface area contributed by atoms with Crippen molar-refractivity contribution in [1.82, 2.24) is 10.6 Å². The Bertz CT molecular complexity index is 638. The van der Waals surface area contributed by atoms with E-state index in [4.69, 9.17) is 0 Å². The molecular weight excluding hydrogens is 326 g/mol. The highest BCUT2D eigenvalue weighted by Gasteiger charge is 2.31. The Labute approximate surface area is 156 Å². The van der Waals surface area contributed by atoms with E-state index in [-0.39, 0.29) is 18.0 Å². The van der Waals surface area contributed by atoms with Crippen molar-refractivity contribution in [1.29, 1.82) is 0 Å². The zero-order valence-corrected chi connectivity index (χ0v) is 16.0. The fourth-order valence-electron chi connectivity index (χ4n) is 4.08. The smallest absolute Gasteiger partial charge is 0.315 e. The number of benzene rings is 1. The van der Waals surface area contributed by atoms with Gasteiger partial charge in [-0.3, -0.25) is 4.79 Å². The number of para-hydroxylation sites is 1. The second kappa shape index (κ2) is 8.56. The van der Waals surface area contributed by atoms with Gasteiger partial charge in [0, 0.05) is 18.3 Å². The molecule has 0 spiro atoms. The first-order valence-corrected chi connectivity index (χ1v) is 10.0. The summed E-state index contributed by atoms with van der Waals surface area (Å²) in [4.78, 5) is 27.5. The van der Waals surface area contributed by atoms with Crippen molar-refractivity contribution >= 4 is 17.6 Å². The predicted molar refractivity (Wildman–Crippen MR) is 104 cm³/mol. The summed E-state index contributed by atoms with van der Waals surface area (Å²) in [5.41, 5.74) is 2.19. The van der Waals surface area contributed by atoms with Crippen LogP contribution in [0, 0.1) is 5.92 Å². The minimum Gasteiger partial charge on any atom is -0.335 e. The Morgan fingerprint density at radius 2 is 1.88 bits per heavy atom. The molecule has 0 aromatic heterocycles. The molecule has 1 fully saturated rings. The summed E-state index contributed by atoms with van der Waals surface area (Å²) in [6.45, 7) is 4.86. The van der Waals surface area contributed by atoms with Gasteiger partial charge in [-0.25, -0.2) is 4.79 Å². The molecule has 1 aliphatic heterocycles. The number of hydrogen-bond donors (Lipinski definition) is 2. The number of rotatable bonds is 5. The summed E-state index contributed by atoms with van der Waals surface area (Å²) in [6, 6.07) is 7.59. The number of amides is 3. The van der Waals surface area contributed by atoms with Crippen LogP contribution in [0.2, 0.25) is 0 Å². The van der Waals surface area contributed by atoms with E-state index in [0.29, 0.717) is 18.9 Å². The Hall–Kier alpha value is -2.04. The van der Waals surface area contributed by atoms with E-state index in [2.05, 4.69) is 30.5 Å². The molecule has 1 aromatic carbocycles. The number of anilines is 1. The second-order valence-electron chi connectivity index (χ2n) is 8.00. The molecule has 26 heavy (non-hydrogen) atoms. The SMILES string of the molecule is CC(C)C[C@@H](NC(=O)NC1CCCCC1)C(=O)N1CCc2ccccc21. The highest BCUT2D eigenvalue weighted by Crippen LogP contribution is 2.28. The van der Waals surface area contributed by atoms with Gasteiger partial charge in [0.05, 0.1) is 0 Å². The summed E-state index contributed by atoms with van der Waals surface area (Å²) in [5, 5.41) is 6.03. The quantitative estimate of drug-likeness (QED) is 0.845. The number of carbonyl (C=O) groups excluding carboxylic acids is 2. The standard InChI is InChI=1S/C21H31N3O2/c1-15(2)14-18(23-21(26)22-17-9-4-3-5-10-17)20(25)24-13-12-16-8-6-7-11-19(16)24/h6-8,11,15,17-18H,3-5,9-10,12-14H2,1-2H3,(H2,22,23,26)/t18-/m1/s1. The number of carbonyl (C=O) groups is 2. The van der Waals surface area contributed by atoms with Crippen molar-refractivity contribution in [2.75, 3.05) is 11.4 Å². The normalized spacial score (nSPS) is 18.5. The molecule has 1 aliphatic carbocycles. The van der Waals surface area contributed by atoms with Crippen LogP contribution < -0.4 is 15.5 Å². The molecule has 2 aliphatic rings. The van der Waals surface area contributed by atoms with Crippen molar-refractivity contribution in [2.24, 2.45) is 5.92 Å². The third-order valence-electron chi connectivity index (χ3n) is 5.40. The summed E-state index contributed by atoms with van der Waals surface area (Å²) in [7, 11) is 0. The molecule has 0 radical (unpaired) electrons. The maximum atomic E-state index is 13.2. The Balaban J connectivity index is 1.65. The molecular formula is C21H31N3O2. The van der Waals surface area contributed by atoms with Crippen LogP contribution in [-0.2, 0) is 11.2 Å². The first-order chi connectivity index (χ1) is 12.5. The Kier molecular flexibility index (Phi) is 6.17. The number of urea groups is 1. The first kappa shape index (κ1) is 18.7. The molecule has 1 saturated carbocycles. The van der Waals surface area contributed by atoms with Gasteiger partial charge in [0.1, 0.15) is 6.04 Å². The number of fused-ring (bicyclic) bond motifs is 1. The molecule has 3 rings (SSSR count). The highest BCUT2D eigenvalue weighted by atomic mass is 16.2.